The number of anilines is 1. The van der Waals surface area contributed by atoms with E-state index in [1.54, 1.807) is 18.7 Å². The Kier molecular flexibility index (Phi) is 4.55. The number of nitrogens with zero attached hydrogens (tertiary/aromatic N) is 3. The molecule has 27 heavy (non-hydrogen) atoms. The van der Waals surface area contributed by atoms with Gasteiger partial charge in [-0.25, -0.2) is 9.67 Å². The lowest BCUT2D eigenvalue weighted by atomic mass is 10.2. The molecule has 0 bridgehead atoms. The van der Waals surface area contributed by atoms with Gasteiger partial charge in [0.15, 0.2) is 5.13 Å². The van der Waals surface area contributed by atoms with Crippen molar-refractivity contribution in [3.63, 3.8) is 0 Å². The van der Waals surface area contributed by atoms with Gasteiger partial charge in [-0.05, 0) is 31.2 Å². The Morgan fingerprint density at radius 1 is 1.19 bits per heavy atom. The number of para-hydroxylation sites is 2. The molecule has 2 heterocycles. The molecule has 136 valence electrons. The quantitative estimate of drug-likeness (QED) is 0.540. The van der Waals surface area contributed by atoms with E-state index in [1.807, 2.05) is 48.5 Å². The average molecular weight is 399 g/mol. The first kappa shape index (κ1) is 17.5. The van der Waals surface area contributed by atoms with Crippen LogP contribution in [0.1, 0.15) is 16.1 Å². The highest BCUT2D eigenvalue weighted by Gasteiger charge is 2.22. The van der Waals surface area contributed by atoms with E-state index in [0.717, 1.165) is 10.4 Å². The minimum absolute atomic E-state index is 0.259. The van der Waals surface area contributed by atoms with E-state index >= 15 is 0 Å². The summed E-state index contributed by atoms with van der Waals surface area (Å²) in [7, 11) is 1.59. The van der Waals surface area contributed by atoms with Crippen LogP contribution in [0.25, 0.3) is 15.9 Å². The predicted octanol–water partition coefficient (Wildman–Crippen LogP) is 4.70. The zero-order valence-corrected chi connectivity index (χ0v) is 16.1. The number of carbonyl (C=O) groups excluding carboxylic acids is 1. The highest BCUT2D eigenvalue weighted by Crippen LogP contribution is 2.33. The summed E-state index contributed by atoms with van der Waals surface area (Å²) in [6.45, 7) is 1.75. The van der Waals surface area contributed by atoms with E-state index in [-0.39, 0.29) is 11.1 Å². The van der Waals surface area contributed by atoms with Gasteiger partial charge in [0, 0.05) is 0 Å². The number of fused-ring (bicyclic) bond motifs is 1. The van der Waals surface area contributed by atoms with Crippen molar-refractivity contribution in [2.75, 3.05) is 12.4 Å². The lowest BCUT2D eigenvalue weighted by molar-refractivity contribution is 0.102. The third-order valence-electron chi connectivity index (χ3n) is 4.05. The molecule has 1 N–H and O–H groups in total. The fourth-order valence-electron chi connectivity index (χ4n) is 2.80. The van der Waals surface area contributed by atoms with Gasteiger partial charge in [0.2, 0.25) is 0 Å². The van der Waals surface area contributed by atoms with Crippen molar-refractivity contribution < 1.29 is 9.53 Å². The van der Waals surface area contributed by atoms with Crippen molar-refractivity contribution in [1.29, 1.82) is 0 Å². The molecule has 0 fully saturated rings. The number of ether oxygens (including phenoxy) is 1. The largest absolute Gasteiger partial charge is 0.494 e. The van der Waals surface area contributed by atoms with Crippen molar-refractivity contribution in [3.05, 3.63) is 64.9 Å². The lowest BCUT2D eigenvalue weighted by Gasteiger charge is -2.03. The zero-order valence-electron chi connectivity index (χ0n) is 14.6. The molecular formula is C19H15ClN4O2S. The number of hydrogen-bond acceptors (Lipinski definition) is 5. The van der Waals surface area contributed by atoms with Crippen molar-refractivity contribution in [3.8, 4) is 11.4 Å². The maximum Gasteiger partial charge on any atom is 0.262 e. The molecule has 0 spiro atoms. The SMILES string of the molecule is COc1cccc2sc(NC(=O)c3c(C)nn(-c4ccccc4)c3Cl)nc12. The summed E-state index contributed by atoms with van der Waals surface area (Å²) in [6, 6.07) is 15.1. The first-order chi connectivity index (χ1) is 13.1. The number of aromatic nitrogens is 3. The first-order valence-corrected chi connectivity index (χ1v) is 9.33. The summed E-state index contributed by atoms with van der Waals surface area (Å²) in [5, 5.41) is 7.95. The van der Waals surface area contributed by atoms with Crippen LogP contribution in [0, 0.1) is 6.92 Å². The molecule has 0 saturated carbocycles. The Morgan fingerprint density at radius 3 is 2.70 bits per heavy atom. The Morgan fingerprint density at radius 2 is 1.96 bits per heavy atom. The number of rotatable bonds is 4. The van der Waals surface area contributed by atoms with Gasteiger partial charge in [0.1, 0.15) is 22.0 Å². The molecule has 0 aliphatic heterocycles. The second kappa shape index (κ2) is 7.02. The van der Waals surface area contributed by atoms with Crippen molar-refractivity contribution in [2.45, 2.75) is 6.92 Å². The van der Waals surface area contributed by atoms with Gasteiger partial charge >= 0.3 is 0 Å². The van der Waals surface area contributed by atoms with Gasteiger partial charge in [0.05, 0.1) is 23.2 Å². The summed E-state index contributed by atoms with van der Waals surface area (Å²) >= 11 is 7.83. The fraction of sp³-hybridized carbons (Fsp3) is 0.105. The van der Waals surface area contributed by atoms with Crippen LogP contribution in [-0.2, 0) is 0 Å². The molecule has 6 nitrogen and oxygen atoms in total. The predicted molar refractivity (Wildman–Crippen MR) is 107 cm³/mol. The lowest BCUT2D eigenvalue weighted by Crippen LogP contribution is -2.13. The number of carbonyl (C=O) groups is 1. The molecule has 2 aromatic heterocycles. The smallest absolute Gasteiger partial charge is 0.262 e. The maximum atomic E-state index is 12.8. The molecule has 4 rings (SSSR count). The zero-order chi connectivity index (χ0) is 19.0. The molecule has 0 saturated heterocycles. The summed E-state index contributed by atoms with van der Waals surface area (Å²) in [4.78, 5) is 17.3. The molecule has 0 unspecified atom stereocenters. The number of thiazole rings is 1. The third kappa shape index (κ3) is 3.15. The number of hydrogen-bond donors (Lipinski definition) is 1. The molecule has 0 aliphatic rings. The number of halogens is 1. The van der Waals surface area contributed by atoms with E-state index in [1.165, 1.54) is 11.3 Å². The Balaban J connectivity index is 1.67. The van der Waals surface area contributed by atoms with E-state index < -0.39 is 0 Å². The van der Waals surface area contributed by atoms with Gasteiger partial charge in [0.25, 0.3) is 5.91 Å². The Labute approximate surface area is 164 Å². The van der Waals surface area contributed by atoms with Gasteiger partial charge in [-0.15, -0.1) is 0 Å². The molecule has 0 aliphatic carbocycles. The normalized spacial score (nSPS) is 10.9. The second-order valence-electron chi connectivity index (χ2n) is 5.78. The number of methoxy groups -OCH3 is 1. The minimum Gasteiger partial charge on any atom is -0.494 e. The number of benzene rings is 2. The number of aryl methyl sites for hydroxylation is 1. The highest BCUT2D eigenvalue weighted by atomic mass is 35.5. The van der Waals surface area contributed by atoms with E-state index in [2.05, 4.69) is 15.4 Å². The van der Waals surface area contributed by atoms with E-state index in [0.29, 0.717) is 27.7 Å². The van der Waals surface area contributed by atoms with Crippen LogP contribution >= 0.6 is 22.9 Å². The molecule has 0 radical (unpaired) electrons. The third-order valence-corrected chi connectivity index (χ3v) is 5.34. The Bertz CT molecular complexity index is 1140. The average Bonchev–Trinajstić information content (AvgIpc) is 3.21. The van der Waals surface area contributed by atoms with Crippen LogP contribution in [-0.4, -0.2) is 27.8 Å². The van der Waals surface area contributed by atoms with E-state index in [9.17, 15) is 4.79 Å². The fourth-order valence-corrected chi connectivity index (χ4v) is 4.03. The van der Waals surface area contributed by atoms with Gasteiger partial charge in [-0.3, -0.25) is 10.1 Å². The van der Waals surface area contributed by atoms with Crippen LogP contribution in [0.4, 0.5) is 5.13 Å². The highest BCUT2D eigenvalue weighted by molar-refractivity contribution is 7.22. The first-order valence-electron chi connectivity index (χ1n) is 8.14. The summed E-state index contributed by atoms with van der Waals surface area (Å²) in [5.41, 5.74) is 2.37. The van der Waals surface area contributed by atoms with E-state index in [4.69, 9.17) is 16.3 Å². The maximum absolute atomic E-state index is 12.8. The molecule has 1 amide bonds. The monoisotopic (exact) mass is 398 g/mol. The molecule has 0 atom stereocenters. The number of amides is 1. The summed E-state index contributed by atoms with van der Waals surface area (Å²) < 4.78 is 7.79. The van der Waals surface area contributed by atoms with Gasteiger partial charge < -0.3 is 4.74 Å². The number of nitrogens with one attached hydrogen (secondary N) is 1. The molecule has 2 aromatic carbocycles. The summed E-state index contributed by atoms with van der Waals surface area (Å²) in [5.74, 6) is 0.313. The van der Waals surface area contributed by atoms with Crippen molar-refractivity contribution in [2.24, 2.45) is 0 Å². The summed E-state index contributed by atoms with van der Waals surface area (Å²) in [6.07, 6.45) is 0. The molecule has 4 aromatic rings. The van der Waals surface area contributed by atoms with Gasteiger partial charge in [-0.2, -0.15) is 5.10 Å². The second-order valence-corrected chi connectivity index (χ2v) is 7.17. The molecule has 8 heteroatoms. The van der Waals surface area contributed by atoms with Crippen molar-refractivity contribution in [1.82, 2.24) is 14.8 Å². The van der Waals surface area contributed by atoms with Crippen molar-refractivity contribution >= 4 is 44.2 Å². The standard InChI is InChI=1S/C19H15ClN4O2S/c1-11-15(17(20)24(23-11)12-7-4-3-5-8-12)18(25)22-19-21-16-13(26-2)9-6-10-14(16)27-19/h3-10H,1-2H3,(H,21,22,25). The topological polar surface area (TPSA) is 69.0 Å². The molecular weight excluding hydrogens is 384 g/mol. The van der Waals surface area contributed by atoms with Crippen LogP contribution in [0.5, 0.6) is 5.75 Å². The van der Waals surface area contributed by atoms with Crippen LogP contribution in [0.15, 0.2) is 48.5 Å². The van der Waals surface area contributed by atoms with Crippen LogP contribution < -0.4 is 10.1 Å². The van der Waals surface area contributed by atoms with Gasteiger partial charge in [-0.1, -0.05) is 47.2 Å². The van der Waals surface area contributed by atoms with Crippen LogP contribution in [0.3, 0.4) is 0 Å². The minimum atomic E-state index is -0.349. The Hall–Kier alpha value is -2.90. The van der Waals surface area contributed by atoms with Crippen LogP contribution in [0.2, 0.25) is 5.15 Å².